The van der Waals surface area contributed by atoms with Crippen LogP contribution in [0.2, 0.25) is 0 Å². The highest BCUT2D eigenvalue weighted by atomic mass is 79.9. The molecule has 0 saturated carbocycles. The van der Waals surface area contributed by atoms with Crippen LogP contribution in [-0.4, -0.2) is 21.3 Å². The number of Topliss-reactive ketones (excluding diaryl/α,β-unsaturated/α-hetero) is 1. The number of H-pyrrole nitrogens is 1. The first kappa shape index (κ1) is 8.44. The molecule has 0 fully saturated rings. The number of rotatable bonds is 2. The molecule has 2 aromatic rings. The van der Waals surface area contributed by atoms with E-state index in [1.54, 1.807) is 12.3 Å². The zero-order chi connectivity index (χ0) is 9.26. The van der Waals surface area contributed by atoms with Gasteiger partial charge in [-0.2, -0.15) is 5.10 Å². The van der Waals surface area contributed by atoms with Crippen LogP contribution in [0.25, 0.3) is 10.9 Å². The summed E-state index contributed by atoms with van der Waals surface area (Å²) in [7, 11) is 0. The SMILES string of the molecule is O=C(CBr)c1ccc2cn[nH]c2c1. The van der Waals surface area contributed by atoms with Crippen molar-refractivity contribution in [3.05, 3.63) is 30.0 Å². The van der Waals surface area contributed by atoms with Gasteiger partial charge < -0.3 is 0 Å². The highest BCUT2D eigenvalue weighted by Crippen LogP contribution is 2.13. The van der Waals surface area contributed by atoms with E-state index < -0.39 is 0 Å². The summed E-state index contributed by atoms with van der Waals surface area (Å²) in [5, 5.41) is 8.07. The van der Waals surface area contributed by atoms with Crippen molar-refractivity contribution in [2.75, 3.05) is 5.33 Å². The molecule has 1 heterocycles. The second kappa shape index (κ2) is 3.30. The second-order valence-electron chi connectivity index (χ2n) is 2.73. The topological polar surface area (TPSA) is 45.8 Å². The van der Waals surface area contributed by atoms with Gasteiger partial charge in [0, 0.05) is 10.9 Å². The molecule has 0 aliphatic rings. The van der Waals surface area contributed by atoms with Gasteiger partial charge in [-0.05, 0) is 6.07 Å². The molecule has 0 spiro atoms. The molecule has 66 valence electrons. The zero-order valence-corrected chi connectivity index (χ0v) is 8.34. The molecule has 0 atom stereocenters. The Kier molecular flexibility index (Phi) is 2.14. The maximum atomic E-state index is 11.3. The largest absolute Gasteiger partial charge is 0.293 e. The van der Waals surface area contributed by atoms with Crippen molar-refractivity contribution in [3.63, 3.8) is 0 Å². The average Bonchev–Trinajstić information content (AvgIpc) is 2.63. The smallest absolute Gasteiger partial charge is 0.173 e. The standard InChI is InChI=1S/C9H7BrN2O/c10-4-9(13)6-1-2-7-5-11-12-8(7)3-6/h1-3,5H,4H2,(H,11,12). The molecule has 0 aliphatic carbocycles. The lowest BCUT2D eigenvalue weighted by Crippen LogP contribution is -1.98. The number of carbonyl (C=O) groups excluding carboxylic acids is 1. The molecule has 1 aromatic heterocycles. The Morgan fingerprint density at radius 2 is 2.38 bits per heavy atom. The number of hydrogen-bond acceptors (Lipinski definition) is 2. The van der Waals surface area contributed by atoms with Crippen LogP contribution in [-0.2, 0) is 0 Å². The first-order valence-electron chi connectivity index (χ1n) is 3.83. The van der Waals surface area contributed by atoms with Gasteiger partial charge in [-0.1, -0.05) is 28.1 Å². The molecule has 0 amide bonds. The third-order valence-electron chi connectivity index (χ3n) is 1.89. The first-order chi connectivity index (χ1) is 6.31. The van der Waals surface area contributed by atoms with Crippen LogP contribution in [0.4, 0.5) is 0 Å². The maximum absolute atomic E-state index is 11.3. The lowest BCUT2D eigenvalue weighted by atomic mass is 10.1. The van der Waals surface area contributed by atoms with Gasteiger partial charge >= 0.3 is 0 Å². The Labute approximate surface area is 83.3 Å². The first-order valence-corrected chi connectivity index (χ1v) is 4.95. The maximum Gasteiger partial charge on any atom is 0.173 e. The van der Waals surface area contributed by atoms with Crippen molar-refractivity contribution in [2.45, 2.75) is 0 Å². The molecule has 1 N–H and O–H groups in total. The van der Waals surface area contributed by atoms with Crippen molar-refractivity contribution in [1.29, 1.82) is 0 Å². The number of ketones is 1. The van der Waals surface area contributed by atoms with Gasteiger partial charge in [-0.3, -0.25) is 9.89 Å². The van der Waals surface area contributed by atoms with Gasteiger partial charge in [0.25, 0.3) is 0 Å². The number of halogens is 1. The molecular weight excluding hydrogens is 232 g/mol. The summed E-state index contributed by atoms with van der Waals surface area (Å²) in [5.74, 6) is 0.0801. The number of fused-ring (bicyclic) bond motifs is 1. The van der Waals surface area contributed by atoms with E-state index in [0.29, 0.717) is 10.9 Å². The number of benzene rings is 1. The van der Waals surface area contributed by atoms with E-state index in [0.717, 1.165) is 10.9 Å². The predicted molar refractivity (Wildman–Crippen MR) is 54.2 cm³/mol. The number of aromatic amines is 1. The van der Waals surface area contributed by atoms with Crippen molar-refractivity contribution < 1.29 is 4.79 Å². The van der Waals surface area contributed by atoms with Crippen LogP contribution in [0.5, 0.6) is 0 Å². The van der Waals surface area contributed by atoms with Crippen LogP contribution in [0, 0.1) is 0 Å². The highest BCUT2D eigenvalue weighted by Gasteiger charge is 2.04. The summed E-state index contributed by atoms with van der Waals surface area (Å²) in [6.45, 7) is 0. The van der Waals surface area contributed by atoms with E-state index in [1.807, 2.05) is 12.1 Å². The normalized spacial score (nSPS) is 10.5. The fourth-order valence-corrected chi connectivity index (χ4v) is 1.51. The lowest BCUT2D eigenvalue weighted by molar-refractivity contribution is 0.102. The fraction of sp³-hybridized carbons (Fsp3) is 0.111. The number of alkyl halides is 1. The lowest BCUT2D eigenvalue weighted by Gasteiger charge is -1.95. The number of hydrogen-bond donors (Lipinski definition) is 1. The van der Waals surface area contributed by atoms with E-state index in [9.17, 15) is 4.79 Å². The highest BCUT2D eigenvalue weighted by molar-refractivity contribution is 9.09. The van der Waals surface area contributed by atoms with Crippen LogP contribution < -0.4 is 0 Å². The third kappa shape index (κ3) is 1.49. The number of nitrogens with zero attached hydrogens (tertiary/aromatic N) is 1. The Morgan fingerprint density at radius 3 is 3.15 bits per heavy atom. The predicted octanol–water partition coefficient (Wildman–Crippen LogP) is 2.14. The molecule has 0 saturated heterocycles. The van der Waals surface area contributed by atoms with Crippen LogP contribution in [0.1, 0.15) is 10.4 Å². The molecule has 13 heavy (non-hydrogen) atoms. The molecule has 0 radical (unpaired) electrons. The van der Waals surface area contributed by atoms with Gasteiger partial charge in [0.15, 0.2) is 5.78 Å². The molecule has 1 aromatic carbocycles. The van der Waals surface area contributed by atoms with Crippen molar-refractivity contribution in [2.24, 2.45) is 0 Å². The Hall–Kier alpha value is -1.16. The number of carbonyl (C=O) groups is 1. The van der Waals surface area contributed by atoms with E-state index in [2.05, 4.69) is 26.1 Å². The van der Waals surface area contributed by atoms with Gasteiger partial charge in [0.1, 0.15) is 0 Å². The van der Waals surface area contributed by atoms with E-state index in [-0.39, 0.29) is 5.78 Å². The number of aromatic nitrogens is 2. The van der Waals surface area contributed by atoms with Crippen LogP contribution in [0.3, 0.4) is 0 Å². The summed E-state index contributed by atoms with van der Waals surface area (Å²) < 4.78 is 0. The monoisotopic (exact) mass is 238 g/mol. The summed E-state index contributed by atoms with van der Waals surface area (Å²) in [5.41, 5.74) is 1.60. The molecule has 3 nitrogen and oxygen atoms in total. The second-order valence-corrected chi connectivity index (χ2v) is 3.29. The van der Waals surface area contributed by atoms with Gasteiger partial charge in [-0.25, -0.2) is 0 Å². The van der Waals surface area contributed by atoms with Gasteiger partial charge in [-0.15, -0.1) is 0 Å². The average molecular weight is 239 g/mol. The Morgan fingerprint density at radius 1 is 1.54 bits per heavy atom. The minimum absolute atomic E-state index is 0.0801. The van der Waals surface area contributed by atoms with E-state index in [1.165, 1.54) is 0 Å². The number of nitrogens with one attached hydrogen (secondary N) is 1. The molecule has 4 heteroatoms. The Bertz CT molecular complexity index is 450. The zero-order valence-electron chi connectivity index (χ0n) is 6.75. The van der Waals surface area contributed by atoms with E-state index in [4.69, 9.17) is 0 Å². The quantitative estimate of drug-likeness (QED) is 0.644. The van der Waals surface area contributed by atoms with Gasteiger partial charge in [0.05, 0.1) is 17.0 Å². The summed E-state index contributed by atoms with van der Waals surface area (Å²) >= 11 is 3.13. The third-order valence-corrected chi connectivity index (χ3v) is 2.39. The molecule has 0 bridgehead atoms. The minimum atomic E-state index is 0.0801. The molecular formula is C9H7BrN2O. The molecule has 0 aliphatic heterocycles. The van der Waals surface area contributed by atoms with Gasteiger partial charge in [0.2, 0.25) is 0 Å². The van der Waals surface area contributed by atoms with Crippen molar-refractivity contribution >= 4 is 32.6 Å². The summed E-state index contributed by atoms with van der Waals surface area (Å²) in [6, 6.07) is 5.50. The molecule has 0 unspecified atom stereocenters. The minimum Gasteiger partial charge on any atom is -0.293 e. The van der Waals surface area contributed by atoms with Crippen LogP contribution >= 0.6 is 15.9 Å². The Balaban J connectivity index is 2.54. The van der Waals surface area contributed by atoms with E-state index >= 15 is 0 Å². The summed E-state index contributed by atoms with van der Waals surface area (Å²) in [4.78, 5) is 11.3. The molecule has 2 rings (SSSR count). The summed E-state index contributed by atoms with van der Waals surface area (Å²) in [6.07, 6.45) is 1.73. The van der Waals surface area contributed by atoms with Crippen LogP contribution in [0.15, 0.2) is 24.4 Å². The van der Waals surface area contributed by atoms with Crippen molar-refractivity contribution in [3.8, 4) is 0 Å². The van der Waals surface area contributed by atoms with Crippen molar-refractivity contribution in [1.82, 2.24) is 10.2 Å². The fourth-order valence-electron chi connectivity index (χ4n) is 1.19.